The lowest BCUT2D eigenvalue weighted by Crippen LogP contribution is -2.40. The molecule has 0 aromatic heterocycles. The van der Waals surface area contributed by atoms with Gasteiger partial charge in [0.1, 0.15) is 0 Å². The van der Waals surface area contributed by atoms with Crippen molar-refractivity contribution in [1.82, 2.24) is 0 Å². The van der Waals surface area contributed by atoms with E-state index in [2.05, 4.69) is 33.9 Å². The fourth-order valence-electron chi connectivity index (χ4n) is 2.62. The smallest absolute Gasteiger partial charge is 0.413 e. The van der Waals surface area contributed by atoms with Gasteiger partial charge in [0.05, 0.1) is 23.5 Å². The van der Waals surface area contributed by atoms with Gasteiger partial charge in [0.25, 0.3) is 0 Å². The summed E-state index contributed by atoms with van der Waals surface area (Å²) >= 11 is 0. The van der Waals surface area contributed by atoms with Crippen LogP contribution in [0.4, 0.5) is 24.5 Å². The van der Waals surface area contributed by atoms with E-state index in [1.807, 2.05) is 6.08 Å². The SMILES string of the molecule is CC(C)(C)[Si](C)(C)OC/C=C\c1cc(-c2ccccc2C(F)(F)F)cc(N)c1N. The third-order valence-electron chi connectivity index (χ3n) is 5.43. The molecule has 0 spiro atoms. The summed E-state index contributed by atoms with van der Waals surface area (Å²) in [6, 6.07) is 8.53. The lowest BCUT2D eigenvalue weighted by Gasteiger charge is -2.35. The third kappa shape index (κ3) is 5.42. The average molecular weight is 423 g/mol. The number of anilines is 2. The molecule has 0 bridgehead atoms. The van der Waals surface area contributed by atoms with Gasteiger partial charge in [-0.3, -0.25) is 0 Å². The number of benzene rings is 2. The topological polar surface area (TPSA) is 61.3 Å². The number of nitrogen functional groups attached to an aromatic ring is 2. The van der Waals surface area contributed by atoms with Gasteiger partial charge in [-0.05, 0) is 53.0 Å². The Balaban J connectivity index is 2.34. The highest BCUT2D eigenvalue weighted by Gasteiger charge is 2.36. The highest BCUT2D eigenvalue weighted by Crippen LogP contribution is 2.39. The summed E-state index contributed by atoms with van der Waals surface area (Å²) in [6.07, 6.45) is -0.886. The van der Waals surface area contributed by atoms with Crippen molar-refractivity contribution in [3.63, 3.8) is 0 Å². The number of alkyl halides is 3. The fourth-order valence-corrected chi connectivity index (χ4v) is 3.57. The molecule has 2 rings (SSSR count). The molecule has 0 heterocycles. The predicted molar refractivity (Wildman–Crippen MR) is 118 cm³/mol. The molecule has 0 aliphatic carbocycles. The minimum atomic E-state index is -4.46. The minimum absolute atomic E-state index is 0.0684. The Bertz CT molecular complexity index is 900. The molecule has 2 aromatic rings. The van der Waals surface area contributed by atoms with E-state index in [4.69, 9.17) is 15.9 Å². The molecule has 0 fully saturated rings. The zero-order chi connectivity index (χ0) is 22.0. The number of halogens is 3. The highest BCUT2D eigenvalue weighted by molar-refractivity contribution is 6.74. The van der Waals surface area contributed by atoms with Crippen LogP contribution < -0.4 is 11.5 Å². The Morgan fingerprint density at radius 1 is 1.03 bits per heavy atom. The van der Waals surface area contributed by atoms with Gasteiger partial charge in [-0.25, -0.2) is 0 Å². The summed E-state index contributed by atoms with van der Waals surface area (Å²) in [6.45, 7) is 11.2. The van der Waals surface area contributed by atoms with Crippen molar-refractivity contribution in [1.29, 1.82) is 0 Å². The van der Waals surface area contributed by atoms with Crippen molar-refractivity contribution in [2.45, 2.75) is 45.1 Å². The number of nitrogens with two attached hydrogens (primary N) is 2. The average Bonchev–Trinajstić information content (AvgIpc) is 2.60. The van der Waals surface area contributed by atoms with E-state index >= 15 is 0 Å². The summed E-state index contributed by atoms with van der Waals surface area (Å²) in [5.74, 6) is 0. The summed E-state index contributed by atoms with van der Waals surface area (Å²) in [5.41, 5.74) is 12.9. The molecule has 4 N–H and O–H groups in total. The monoisotopic (exact) mass is 422 g/mol. The lowest BCUT2D eigenvalue weighted by atomic mass is 9.96. The number of hydrogen-bond acceptors (Lipinski definition) is 3. The highest BCUT2D eigenvalue weighted by atomic mass is 28.4. The zero-order valence-corrected chi connectivity index (χ0v) is 18.5. The minimum Gasteiger partial charge on any atom is -0.413 e. The zero-order valence-electron chi connectivity index (χ0n) is 17.5. The Morgan fingerprint density at radius 2 is 1.66 bits per heavy atom. The molecule has 0 amide bonds. The molecule has 0 saturated heterocycles. The maximum atomic E-state index is 13.4. The van der Waals surface area contributed by atoms with Gasteiger partial charge in [-0.15, -0.1) is 0 Å². The fraction of sp³-hybridized carbons (Fsp3) is 0.364. The van der Waals surface area contributed by atoms with Crippen LogP contribution in [0.15, 0.2) is 42.5 Å². The van der Waals surface area contributed by atoms with Crippen LogP contribution in [0.25, 0.3) is 17.2 Å². The largest absolute Gasteiger partial charge is 0.417 e. The first-order valence-electron chi connectivity index (χ1n) is 9.40. The Labute approximate surface area is 171 Å². The second-order valence-electron chi connectivity index (χ2n) is 8.59. The van der Waals surface area contributed by atoms with Crippen molar-refractivity contribution in [2.24, 2.45) is 0 Å². The second kappa shape index (κ2) is 8.24. The molecule has 0 aliphatic rings. The van der Waals surface area contributed by atoms with E-state index in [0.717, 1.165) is 6.07 Å². The summed E-state index contributed by atoms with van der Waals surface area (Å²) in [5, 5.41) is 0.0888. The second-order valence-corrected chi connectivity index (χ2v) is 13.4. The number of hydrogen-bond donors (Lipinski definition) is 2. The molecule has 0 radical (unpaired) electrons. The van der Waals surface area contributed by atoms with E-state index in [0.29, 0.717) is 23.4 Å². The van der Waals surface area contributed by atoms with Gasteiger partial charge in [0, 0.05) is 0 Å². The van der Waals surface area contributed by atoms with E-state index < -0.39 is 20.1 Å². The first-order chi connectivity index (χ1) is 13.2. The Kier molecular flexibility index (Phi) is 6.54. The van der Waals surface area contributed by atoms with E-state index in [1.54, 1.807) is 18.2 Å². The van der Waals surface area contributed by atoms with Crippen LogP contribution in [0.3, 0.4) is 0 Å². The van der Waals surface area contributed by atoms with Crippen molar-refractivity contribution < 1.29 is 17.6 Å². The van der Waals surface area contributed by atoms with E-state index in [1.165, 1.54) is 18.2 Å². The lowest BCUT2D eigenvalue weighted by molar-refractivity contribution is -0.137. The quantitative estimate of drug-likeness (QED) is 0.423. The summed E-state index contributed by atoms with van der Waals surface area (Å²) < 4.78 is 46.3. The van der Waals surface area contributed by atoms with E-state index in [9.17, 15) is 13.2 Å². The van der Waals surface area contributed by atoms with Crippen LogP contribution in [0, 0.1) is 0 Å². The van der Waals surface area contributed by atoms with Gasteiger partial charge in [-0.1, -0.05) is 51.1 Å². The molecule has 0 unspecified atom stereocenters. The van der Waals surface area contributed by atoms with Gasteiger partial charge in [-0.2, -0.15) is 13.2 Å². The molecule has 3 nitrogen and oxygen atoms in total. The molecule has 29 heavy (non-hydrogen) atoms. The van der Waals surface area contributed by atoms with Crippen LogP contribution in [-0.4, -0.2) is 14.9 Å². The van der Waals surface area contributed by atoms with Crippen LogP contribution >= 0.6 is 0 Å². The Morgan fingerprint density at radius 3 is 2.24 bits per heavy atom. The summed E-state index contributed by atoms with van der Waals surface area (Å²) in [4.78, 5) is 0. The maximum absolute atomic E-state index is 13.4. The van der Waals surface area contributed by atoms with Crippen molar-refractivity contribution in [3.8, 4) is 11.1 Å². The van der Waals surface area contributed by atoms with Crippen molar-refractivity contribution >= 4 is 25.8 Å². The summed E-state index contributed by atoms with van der Waals surface area (Å²) in [7, 11) is -1.89. The molecule has 7 heteroatoms. The normalized spacial score (nSPS) is 13.2. The van der Waals surface area contributed by atoms with Gasteiger partial charge < -0.3 is 15.9 Å². The Hall–Kier alpha value is -2.25. The number of rotatable bonds is 5. The third-order valence-corrected chi connectivity index (χ3v) is 9.93. The molecule has 0 aliphatic heterocycles. The van der Waals surface area contributed by atoms with E-state index in [-0.39, 0.29) is 16.3 Å². The van der Waals surface area contributed by atoms with Crippen LogP contribution in [0.5, 0.6) is 0 Å². The molecular weight excluding hydrogens is 393 g/mol. The van der Waals surface area contributed by atoms with Crippen LogP contribution in [0.1, 0.15) is 31.9 Å². The molecule has 0 saturated carbocycles. The van der Waals surface area contributed by atoms with Crippen LogP contribution in [0.2, 0.25) is 18.1 Å². The molecule has 158 valence electrons. The van der Waals surface area contributed by atoms with Crippen LogP contribution in [-0.2, 0) is 10.6 Å². The first-order valence-corrected chi connectivity index (χ1v) is 12.3. The van der Waals surface area contributed by atoms with Gasteiger partial charge in [0.15, 0.2) is 8.32 Å². The predicted octanol–water partition coefficient (Wildman–Crippen LogP) is 6.57. The standard InChI is InChI=1S/C22H29F3N2OSi/c1-21(2,3)29(4,5)28-12-8-9-15-13-16(14-19(26)20(15)27)17-10-6-7-11-18(17)22(23,24)25/h6-11,13-14H,12,26-27H2,1-5H3/b9-8-. The maximum Gasteiger partial charge on any atom is 0.417 e. The molecule has 0 atom stereocenters. The van der Waals surface area contributed by atoms with Crippen molar-refractivity contribution in [3.05, 3.63) is 53.6 Å². The van der Waals surface area contributed by atoms with Crippen molar-refractivity contribution in [2.75, 3.05) is 18.1 Å². The molecular formula is C22H29F3N2OSi. The molecule has 2 aromatic carbocycles. The van der Waals surface area contributed by atoms with Gasteiger partial charge in [0.2, 0.25) is 0 Å². The first kappa shape index (κ1) is 23.0. The van der Waals surface area contributed by atoms with Gasteiger partial charge >= 0.3 is 6.18 Å².